The smallest absolute Gasteiger partial charge is 0.301 e. The normalized spacial score (nSPS) is 10.6. The molecule has 0 aliphatic carbocycles. The fraction of sp³-hybridized carbons (Fsp3) is 0.231. The van der Waals surface area contributed by atoms with Gasteiger partial charge < -0.3 is 4.57 Å². The maximum Gasteiger partial charge on any atom is 0.328 e. The summed E-state index contributed by atoms with van der Waals surface area (Å²) in [6, 6.07) is 7.30. The van der Waals surface area contributed by atoms with E-state index in [0.717, 1.165) is 5.56 Å². The van der Waals surface area contributed by atoms with E-state index in [-0.39, 0.29) is 5.56 Å². The first-order chi connectivity index (χ1) is 8.49. The quantitative estimate of drug-likeness (QED) is 0.896. The molecule has 0 bridgehead atoms. The molecule has 1 N–H and O–H groups in total. The molecule has 0 fully saturated rings. The van der Waals surface area contributed by atoms with Crippen molar-refractivity contribution in [1.29, 1.82) is 0 Å². The molecule has 5 heteroatoms. The number of H-pyrrole nitrogens is 1. The second-order valence-electron chi connectivity index (χ2n) is 4.19. The van der Waals surface area contributed by atoms with Crippen LogP contribution in [0.25, 0.3) is 0 Å². The lowest BCUT2D eigenvalue weighted by molar-refractivity contribution is 0.746. The van der Waals surface area contributed by atoms with Crippen LogP contribution in [0.4, 0.5) is 0 Å². The average Bonchev–Trinajstić information content (AvgIpc) is 2.34. The van der Waals surface area contributed by atoms with Gasteiger partial charge in [0.05, 0.1) is 0 Å². The maximum atomic E-state index is 11.8. The molecule has 18 heavy (non-hydrogen) atoms. The minimum Gasteiger partial charge on any atom is -0.301 e. The van der Waals surface area contributed by atoms with Crippen LogP contribution >= 0.6 is 11.6 Å². The third-order valence-electron chi connectivity index (χ3n) is 3.03. The van der Waals surface area contributed by atoms with Crippen LogP contribution in [0.15, 0.2) is 33.9 Å². The first kappa shape index (κ1) is 12.6. The summed E-state index contributed by atoms with van der Waals surface area (Å²) in [6.45, 7) is 1.77. The molecular formula is C13H13ClN2O2. The van der Waals surface area contributed by atoms with E-state index in [9.17, 15) is 9.59 Å². The molecule has 0 aliphatic heterocycles. The van der Waals surface area contributed by atoms with Gasteiger partial charge in [0.1, 0.15) is 0 Å². The zero-order valence-corrected chi connectivity index (χ0v) is 10.9. The van der Waals surface area contributed by atoms with Gasteiger partial charge in [0.2, 0.25) is 0 Å². The first-order valence-electron chi connectivity index (χ1n) is 5.52. The van der Waals surface area contributed by atoms with Crippen molar-refractivity contribution in [3.05, 3.63) is 66.9 Å². The molecule has 0 atom stereocenters. The summed E-state index contributed by atoms with van der Waals surface area (Å²) in [6.07, 6.45) is 0.479. The molecular weight excluding hydrogens is 252 g/mol. The van der Waals surface area contributed by atoms with E-state index in [1.54, 1.807) is 26.1 Å². The van der Waals surface area contributed by atoms with Gasteiger partial charge in [-0.2, -0.15) is 0 Å². The molecule has 1 aromatic heterocycles. The van der Waals surface area contributed by atoms with Gasteiger partial charge in [0.25, 0.3) is 5.56 Å². The zero-order valence-electron chi connectivity index (χ0n) is 10.2. The standard InChI is InChI=1S/C13H13ClN2O2/c1-8-11(12(17)15-13(18)16(8)2)7-9-3-5-10(14)6-4-9/h3-6H,7H2,1-2H3,(H,15,17,18). The minimum absolute atomic E-state index is 0.328. The highest BCUT2D eigenvalue weighted by atomic mass is 35.5. The molecule has 1 aromatic carbocycles. The number of nitrogens with one attached hydrogen (secondary N) is 1. The maximum absolute atomic E-state index is 11.8. The van der Waals surface area contributed by atoms with Gasteiger partial charge in [-0.25, -0.2) is 4.79 Å². The summed E-state index contributed by atoms with van der Waals surface area (Å²) in [5, 5.41) is 0.657. The van der Waals surface area contributed by atoms with Crippen molar-refractivity contribution in [2.45, 2.75) is 13.3 Å². The molecule has 1 heterocycles. The SMILES string of the molecule is Cc1c(Cc2ccc(Cl)cc2)c(=O)[nH]c(=O)n1C. The average molecular weight is 265 g/mol. The van der Waals surface area contributed by atoms with Gasteiger partial charge >= 0.3 is 5.69 Å². The Balaban J connectivity index is 2.47. The molecule has 0 unspecified atom stereocenters. The summed E-state index contributed by atoms with van der Waals surface area (Å²) in [4.78, 5) is 25.5. The number of hydrogen-bond donors (Lipinski definition) is 1. The third kappa shape index (κ3) is 2.38. The molecule has 2 aromatic rings. The van der Waals surface area contributed by atoms with Crippen molar-refractivity contribution in [2.24, 2.45) is 7.05 Å². The van der Waals surface area contributed by atoms with Crippen LogP contribution in [0, 0.1) is 6.92 Å². The van der Waals surface area contributed by atoms with Crippen LogP contribution < -0.4 is 11.2 Å². The third-order valence-corrected chi connectivity index (χ3v) is 3.29. The fourth-order valence-corrected chi connectivity index (χ4v) is 1.92. The second-order valence-corrected chi connectivity index (χ2v) is 4.62. The largest absolute Gasteiger partial charge is 0.328 e. The van der Waals surface area contributed by atoms with Crippen molar-refractivity contribution in [3.8, 4) is 0 Å². The number of aromatic amines is 1. The zero-order chi connectivity index (χ0) is 13.3. The van der Waals surface area contributed by atoms with Crippen molar-refractivity contribution in [2.75, 3.05) is 0 Å². The Labute approximate surface area is 109 Å². The molecule has 4 nitrogen and oxygen atoms in total. The Morgan fingerprint density at radius 3 is 2.44 bits per heavy atom. The van der Waals surface area contributed by atoms with Crippen LogP contribution in [0.5, 0.6) is 0 Å². The molecule has 0 saturated carbocycles. The first-order valence-corrected chi connectivity index (χ1v) is 5.90. The summed E-state index contributed by atoms with van der Waals surface area (Å²) >= 11 is 5.81. The second kappa shape index (κ2) is 4.82. The number of benzene rings is 1. The summed E-state index contributed by atoms with van der Waals surface area (Å²) in [5.41, 5.74) is 1.53. The van der Waals surface area contributed by atoms with E-state index in [1.165, 1.54) is 4.57 Å². The van der Waals surface area contributed by atoms with Gasteiger partial charge in [0, 0.05) is 29.7 Å². The van der Waals surface area contributed by atoms with E-state index in [2.05, 4.69) is 4.98 Å². The van der Waals surface area contributed by atoms with Crippen molar-refractivity contribution in [3.63, 3.8) is 0 Å². The number of aromatic nitrogens is 2. The molecule has 2 rings (SSSR count). The predicted molar refractivity (Wildman–Crippen MR) is 71.3 cm³/mol. The molecule has 94 valence electrons. The molecule has 0 spiro atoms. The number of nitrogens with zero attached hydrogens (tertiary/aromatic N) is 1. The van der Waals surface area contributed by atoms with Crippen LogP contribution in [0.1, 0.15) is 16.8 Å². The Hall–Kier alpha value is -1.81. The summed E-state index contributed by atoms with van der Waals surface area (Å²) < 4.78 is 1.44. The number of rotatable bonds is 2. The minimum atomic E-state index is -0.391. The van der Waals surface area contributed by atoms with Gasteiger partial charge in [-0.3, -0.25) is 9.78 Å². The van der Waals surface area contributed by atoms with E-state index in [0.29, 0.717) is 22.7 Å². The van der Waals surface area contributed by atoms with Crippen molar-refractivity contribution >= 4 is 11.6 Å². The predicted octanol–water partition coefficient (Wildman–Crippen LogP) is 1.63. The van der Waals surface area contributed by atoms with E-state index >= 15 is 0 Å². The Morgan fingerprint density at radius 1 is 1.22 bits per heavy atom. The van der Waals surface area contributed by atoms with E-state index in [4.69, 9.17) is 11.6 Å². The lowest BCUT2D eigenvalue weighted by Crippen LogP contribution is -2.32. The lowest BCUT2D eigenvalue weighted by atomic mass is 10.1. The Bertz CT molecular complexity index is 684. The Kier molecular flexibility index (Phi) is 3.39. The fourth-order valence-electron chi connectivity index (χ4n) is 1.79. The van der Waals surface area contributed by atoms with Gasteiger partial charge in [0.15, 0.2) is 0 Å². The molecule has 0 saturated heterocycles. The lowest BCUT2D eigenvalue weighted by Gasteiger charge is -2.08. The monoisotopic (exact) mass is 264 g/mol. The number of halogens is 1. The highest BCUT2D eigenvalue weighted by Crippen LogP contribution is 2.13. The van der Waals surface area contributed by atoms with Crippen LogP contribution in [0.3, 0.4) is 0 Å². The van der Waals surface area contributed by atoms with Crippen LogP contribution in [-0.2, 0) is 13.5 Å². The highest BCUT2D eigenvalue weighted by molar-refractivity contribution is 6.30. The van der Waals surface area contributed by atoms with E-state index in [1.807, 2.05) is 12.1 Å². The topological polar surface area (TPSA) is 54.9 Å². The summed E-state index contributed by atoms with van der Waals surface area (Å²) in [7, 11) is 1.64. The molecule has 0 aliphatic rings. The van der Waals surface area contributed by atoms with Crippen LogP contribution in [-0.4, -0.2) is 9.55 Å². The molecule has 0 radical (unpaired) electrons. The van der Waals surface area contributed by atoms with Gasteiger partial charge in [-0.05, 0) is 24.6 Å². The summed E-state index contributed by atoms with van der Waals surface area (Å²) in [5.74, 6) is 0. The van der Waals surface area contributed by atoms with Crippen LogP contribution in [0.2, 0.25) is 5.02 Å². The van der Waals surface area contributed by atoms with Crippen molar-refractivity contribution in [1.82, 2.24) is 9.55 Å². The number of hydrogen-bond acceptors (Lipinski definition) is 2. The Morgan fingerprint density at radius 2 is 1.83 bits per heavy atom. The van der Waals surface area contributed by atoms with Gasteiger partial charge in [-0.1, -0.05) is 23.7 Å². The van der Waals surface area contributed by atoms with Gasteiger partial charge in [-0.15, -0.1) is 0 Å². The highest BCUT2D eigenvalue weighted by Gasteiger charge is 2.09. The van der Waals surface area contributed by atoms with E-state index < -0.39 is 5.69 Å². The van der Waals surface area contributed by atoms with Crippen molar-refractivity contribution < 1.29 is 0 Å². The molecule has 0 amide bonds.